The third-order valence-electron chi connectivity index (χ3n) is 3.05. The lowest BCUT2D eigenvalue weighted by Gasteiger charge is -2.12. The second-order valence-corrected chi connectivity index (χ2v) is 4.43. The highest BCUT2D eigenvalue weighted by molar-refractivity contribution is 6.30. The first kappa shape index (κ1) is 11.9. The standard InChI is InChI=1S/C11H8ClFO4/c12-5-1-2-8(13)6(3-5)11(10(16)17)4-7(11)9(14)15/h1-3,7H,4H2,(H,14,15)(H,16,17). The minimum Gasteiger partial charge on any atom is -0.481 e. The van der Waals surface area contributed by atoms with E-state index in [-0.39, 0.29) is 17.0 Å². The highest BCUT2D eigenvalue weighted by Crippen LogP contribution is 2.55. The maximum atomic E-state index is 13.6. The molecule has 2 rings (SSSR count). The maximum Gasteiger partial charge on any atom is 0.315 e. The van der Waals surface area contributed by atoms with Crippen LogP contribution in [0.1, 0.15) is 12.0 Å². The predicted molar refractivity (Wildman–Crippen MR) is 56.5 cm³/mol. The van der Waals surface area contributed by atoms with Crippen LogP contribution in [0.15, 0.2) is 18.2 Å². The van der Waals surface area contributed by atoms with Crippen molar-refractivity contribution < 1.29 is 24.2 Å². The Bertz CT molecular complexity index is 516. The largest absolute Gasteiger partial charge is 0.481 e. The molecule has 1 aromatic rings. The van der Waals surface area contributed by atoms with Crippen molar-refractivity contribution in [3.63, 3.8) is 0 Å². The van der Waals surface area contributed by atoms with Crippen molar-refractivity contribution in [3.05, 3.63) is 34.6 Å². The number of carboxylic acid groups (broad SMARTS) is 2. The first-order valence-corrected chi connectivity index (χ1v) is 5.19. The van der Waals surface area contributed by atoms with E-state index in [1.54, 1.807) is 0 Å². The minimum atomic E-state index is -1.68. The van der Waals surface area contributed by atoms with E-state index in [0.717, 1.165) is 6.07 Å². The predicted octanol–water partition coefficient (Wildman–Crippen LogP) is 1.91. The van der Waals surface area contributed by atoms with E-state index in [4.69, 9.17) is 21.8 Å². The first-order valence-electron chi connectivity index (χ1n) is 4.81. The Morgan fingerprint density at radius 3 is 2.53 bits per heavy atom. The van der Waals surface area contributed by atoms with Crippen LogP contribution in [-0.2, 0) is 15.0 Å². The van der Waals surface area contributed by atoms with Crippen molar-refractivity contribution in [3.8, 4) is 0 Å². The Kier molecular flexibility index (Phi) is 2.58. The molecule has 0 amide bonds. The van der Waals surface area contributed by atoms with Crippen molar-refractivity contribution in [1.29, 1.82) is 0 Å². The number of benzene rings is 1. The number of hydrogen-bond donors (Lipinski definition) is 2. The zero-order chi connectivity index (χ0) is 12.8. The van der Waals surface area contributed by atoms with Gasteiger partial charge < -0.3 is 10.2 Å². The van der Waals surface area contributed by atoms with Crippen molar-refractivity contribution in [2.45, 2.75) is 11.8 Å². The van der Waals surface area contributed by atoms with E-state index in [9.17, 15) is 14.0 Å². The van der Waals surface area contributed by atoms with Gasteiger partial charge >= 0.3 is 11.9 Å². The van der Waals surface area contributed by atoms with Gasteiger partial charge in [0.2, 0.25) is 0 Å². The van der Waals surface area contributed by atoms with Crippen LogP contribution < -0.4 is 0 Å². The molecule has 2 unspecified atom stereocenters. The maximum absolute atomic E-state index is 13.6. The fourth-order valence-corrected chi connectivity index (χ4v) is 2.22. The molecule has 1 aliphatic rings. The number of aliphatic carboxylic acids is 2. The quantitative estimate of drug-likeness (QED) is 0.868. The minimum absolute atomic E-state index is 0.116. The lowest BCUT2D eigenvalue weighted by Crippen LogP contribution is -2.26. The van der Waals surface area contributed by atoms with Gasteiger partial charge in [-0.3, -0.25) is 9.59 Å². The van der Waals surface area contributed by atoms with Gasteiger partial charge in [0.1, 0.15) is 11.2 Å². The van der Waals surface area contributed by atoms with Gasteiger partial charge in [0.25, 0.3) is 0 Å². The van der Waals surface area contributed by atoms with E-state index in [2.05, 4.69) is 0 Å². The molecule has 2 atom stereocenters. The monoisotopic (exact) mass is 258 g/mol. The molecule has 1 saturated carbocycles. The van der Waals surface area contributed by atoms with E-state index in [1.165, 1.54) is 12.1 Å². The van der Waals surface area contributed by atoms with Gasteiger partial charge in [-0.25, -0.2) is 4.39 Å². The van der Waals surface area contributed by atoms with Crippen LogP contribution in [0.25, 0.3) is 0 Å². The summed E-state index contributed by atoms with van der Waals surface area (Å²) in [4.78, 5) is 22.0. The summed E-state index contributed by atoms with van der Waals surface area (Å²) in [7, 11) is 0. The van der Waals surface area contributed by atoms with Gasteiger partial charge in [0.05, 0.1) is 5.92 Å². The normalized spacial score (nSPS) is 26.6. The molecule has 0 heterocycles. The molecule has 0 radical (unpaired) electrons. The molecule has 90 valence electrons. The molecule has 0 saturated heterocycles. The van der Waals surface area contributed by atoms with Crippen LogP contribution in [0.3, 0.4) is 0 Å². The average molecular weight is 259 g/mol. The molecule has 0 aliphatic heterocycles. The summed E-state index contributed by atoms with van der Waals surface area (Å²) in [5.41, 5.74) is -1.84. The van der Waals surface area contributed by atoms with Crippen LogP contribution in [0, 0.1) is 11.7 Å². The van der Waals surface area contributed by atoms with Crippen molar-refractivity contribution >= 4 is 23.5 Å². The molecule has 17 heavy (non-hydrogen) atoms. The average Bonchev–Trinajstić information content (AvgIpc) is 2.98. The Balaban J connectivity index is 2.53. The fraction of sp³-hybridized carbons (Fsp3) is 0.273. The van der Waals surface area contributed by atoms with E-state index >= 15 is 0 Å². The molecule has 1 aliphatic carbocycles. The Morgan fingerprint density at radius 1 is 1.41 bits per heavy atom. The summed E-state index contributed by atoms with van der Waals surface area (Å²) in [6.45, 7) is 0. The summed E-state index contributed by atoms with van der Waals surface area (Å²) < 4.78 is 13.6. The first-order chi connectivity index (χ1) is 7.89. The molecule has 4 nitrogen and oxygen atoms in total. The lowest BCUT2D eigenvalue weighted by molar-refractivity contribution is -0.146. The van der Waals surface area contributed by atoms with Crippen LogP contribution in [0.2, 0.25) is 5.02 Å². The van der Waals surface area contributed by atoms with E-state index in [0.29, 0.717) is 0 Å². The van der Waals surface area contributed by atoms with Gasteiger partial charge in [0, 0.05) is 10.6 Å². The fourth-order valence-electron chi connectivity index (χ4n) is 2.05. The topological polar surface area (TPSA) is 74.6 Å². The Labute approximate surface area is 101 Å². The van der Waals surface area contributed by atoms with Gasteiger partial charge in [-0.05, 0) is 24.6 Å². The summed E-state index contributed by atoms with van der Waals surface area (Å²) in [6.07, 6.45) is -0.116. The molecule has 0 spiro atoms. The van der Waals surface area contributed by atoms with Crippen LogP contribution in [0.5, 0.6) is 0 Å². The van der Waals surface area contributed by atoms with Gasteiger partial charge in [-0.15, -0.1) is 0 Å². The SMILES string of the molecule is O=C(O)C1CC1(C(=O)O)c1cc(Cl)ccc1F. The summed E-state index contributed by atoms with van der Waals surface area (Å²) in [6, 6.07) is 3.50. The van der Waals surface area contributed by atoms with Crippen LogP contribution in [0.4, 0.5) is 4.39 Å². The zero-order valence-electron chi connectivity index (χ0n) is 8.48. The van der Waals surface area contributed by atoms with Gasteiger partial charge in [-0.2, -0.15) is 0 Å². The lowest BCUT2D eigenvalue weighted by atomic mass is 9.93. The van der Waals surface area contributed by atoms with Gasteiger partial charge in [0.15, 0.2) is 0 Å². The number of halogens is 2. The number of carboxylic acids is 2. The molecule has 0 aromatic heterocycles. The highest BCUT2D eigenvalue weighted by atomic mass is 35.5. The smallest absolute Gasteiger partial charge is 0.315 e. The number of hydrogen-bond acceptors (Lipinski definition) is 2. The number of carbonyl (C=O) groups is 2. The summed E-state index contributed by atoms with van der Waals surface area (Å²) >= 11 is 5.68. The van der Waals surface area contributed by atoms with E-state index < -0.39 is 29.1 Å². The van der Waals surface area contributed by atoms with Crippen molar-refractivity contribution in [2.24, 2.45) is 5.92 Å². The molecular formula is C11H8ClFO4. The molecule has 0 bridgehead atoms. The molecular weight excluding hydrogens is 251 g/mol. The number of rotatable bonds is 3. The van der Waals surface area contributed by atoms with E-state index in [1.807, 2.05) is 0 Å². The third kappa shape index (κ3) is 1.67. The second kappa shape index (κ2) is 3.70. The molecule has 1 aromatic carbocycles. The highest BCUT2D eigenvalue weighted by Gasteiger charge is 2.66. The second-order valence-electron chi connectivity index (χ2n) is 4.00. The van der Waals surface area contributed by atoms with Crippen molar-refractivity contribution in [2.75, 3.05) is 0 Å². The summed E-state index contributed by atoms with van der Waals surface area (Å²) in [5.74, 6) is -4.44. The van der Waals surface area contributed by atoms with Crippen LogP contribution >= 0.6 is 11.6 Å². The zero-order valence-corrected chi connectivity index (χ0v) is 9.24. The summed E-state index contributed by atoms with van der Waals surface area (Å²) in [5, 5.41) is 18.1. The Hall–Kier alpha value is -1.62. The third-order valence-corrected chi connectivity index (χ3v) is 3.28. The van der Waals surface area contributed by atoms with Crippen molar-refractivity contribution in [1.82, 2.24) is 0 Å². The molecule has 6 heteroatoms. The van der Waals surface area contributed by atoms with Crippen LogP contribution in [-0.4, -0.2) is 22.2 Å². The van der Waals surface area contributed by atoms with Gasteiger partial charge in [-0.1, -0.05) is 11.6 Å². The molecule has 2 N–H and O–H groups in total. The molecule has 1 fully saturated rings. The Morgan fingerprint density at radius 2 is 2.06 bits per heavy atom.